The quantitative estimate of drug-likeness (QED) is 0.891. The van der Waals surface area contributed by atoms with Gasteiger partial charge in [0.25, 0.3) is 0 Å². The van der Waals surface area contributed by atoms with Crippen LogP contribution in [0.5, 0.6) is 0 Å². The van der Waals surface area contributed by atoms with Crippen LogP contribution in [0.1, 0.15) is 30.0 Å². The van der Waals surface area contributed by atoms with Crippen molar-refractivity contribution >= 4 is 11.8 Å². The van der Waals surface area contributed by atoms with E-state index < -0.39 is 0 Å². The summed E-state index contributed by atoms with van der Waals surface area (Å²) in [6, 6.07) is 9.22. The third-order valence-electron chi connectivity index (χ3n) is 3.96. The predicted octanol–water partition coefficient (Wildman–Crippen LogP) is 3.08. The maximum absolute atomic E-state index is 3.48. The number of aryl methyl sites for hydroxylation is 1. The van der Waals surface area contributed by atoms with Gasteiger partial charge in [0.15, 0.2) is 0 Å². The maximum atomic E-state index is 3.48. The van der Waals surface area contributed by atoms with Gasteiger partial charge in [-0.25, -0.2) is 0 Å². The summed E-state index contributed by atoms with van der Waals surface area (Å²) in [6.45, 7) is 5.95. The fourth-order valence-corrected chi connectivity index (χ4v) is 3.69. The van der Waals surface area contributed by atoms with Crippen molar-refractivity contribution in [2.45, 2.75) is 25.8 Å². The number of nitrogens with one attached hydrogen (secondary N) is 1. The molecule has 1 heterocycles. The van der Waals surface area contributed by atoms with Crippen LogP contribution in [0.15, 0.2) is 24.3 Å². The topological polar surface area (TPSA) is 15.3 Å². The van der Waals surface area contributed by atoms with Gasteiger partial charge in [0.1, 0.15) is 0 Å². The molecule has 1 atom stereocenters. The van der Waals surface area contributed by atoms with Gasteiger partial charge in [-0.15, -0.1) is 0 Å². The van der Waals surface area contributed by atoms with Crippen molar-refractivity contribution in [2.24, 2.45) is 0 Å². The van der Waals surface area contributed by atoms with E-state index in [2.05, 4.69) is 60.2 Å². The molecule has 2 rings (SSSR count). The fraction of sp³-hybridized carbons (Fsp3) is 0.625. The zero-order chi connectivity index (χ0) is 13.5. The lowest BCUT2D eigenvalue weighted by Crippen LogP contribution is -2.30. The van der Waals surface area contributed by atoms with Crippen LogP contribution in [0, 0.1) is 6.92 Å². The summed E-state index contributed by atoms with van der Waals surface area (Å²) in [5.41, 5.74) is 2.85. The van der Waals surface area contributed by atoms with Crippen molar-refractivity contribution in [3.8, 4) is 0 Å². The van der Waals surface area contributed by atoms with E-state index in [1.165, 1.54) is 55.1 Å². The van der Waals surface area contributed by atoms with Crippen LogP contribution < -0.4 is 5.32 Å². The lowest BCUT2D eigenvalue weighted by molar-refractivity contribution is 0.277. The van der Waals surface area contributed by atoms with Crippen molar-refractivity contribution < 1.29 is 0 Å². The smallest absolute Gasteiger partial charge is 0.0332 e. The van der Waals surface area contributed by atoms with Gasteiger partial charge in [-0.3, -0.25) is 0 Å². The molecule has 1 aliphatic rings. The molecular formula is C16H26N2S. The summed E-state index contributed by atoms with van der Waals surface area (Å²) in [6.07, 6.45) is 2.55. The van der Waals surface area contributed by atoms with E-state index in [0.717, 1.165) is 0 Å². The monoisotopic (exact) mass is 278 g/mol. The average Bonchev–Trinajstić information content (AvgIpc) is 2.70. The Kier molecular flexibility index (Phi) is 6.21. The second-order valence-corrected chi connectivity index (χ2v) is 6.52. The van der Waals surface area contributed by atoms with Gasteiger partial charge in [-0.2, -0.15) is 11.8 Å². The average molecular weight is 278 g/mol. The Balaban J connectivity index is 1.90. The highest BCUT2D eigenvalue weighted by atomic mass is 32.2. The molecule has 0 amide bonds. The van der Waals surface area contributed by atoms with Gasteiger partial charge < -0.3 is 10.2 Å². The summed E-state index contributed by atoms with van der Waals surface area (Å²) in [5, 5.41) is 3.48. The molecule has 2 nitrogen and oxygen atoms in total. The van der Waals surface area contributed by atoms with E-state index in [9.17, 15) is 0 Å². The van der Waals surface area contributed by atoms with E-state index in [-0.39, 0.29) is 0 Å². The number of thioether (sulfide) groups is 1. The molecule has 1 aliphatic heterocycles. The summed E-state index contributed by atoms with van der Waals surface area (Å²) in [7, 11) is 2.08. The zero-order valence-corrected chi connectivity index (χ0v) is 13.0. The van der Waals surface area contributed by atoms with Gasteiger partial charge in [-0.1, -0.05) is 24.3 Å². The highest BCUT2D eigenvalue weighted by Gasteiger charge is 2.14. The number of hydrogen-bond donors (Lipinski definition) is 1. The van der Waals surface area contributed by atoms with E-state index in [1.807, 2.05) is 0 Å². The SMILES string of the molecule is CNC(CCN1CCCSCC1)c1ccccc1C. The van der Waals surface area contributed by atoms with Crippen LogP contribution in [0.3, 0.4) is 0 Å². The zero-order valence-electron chi connectivity index (χ0n) is 12.2. The first-order valence-corrected chi connectivity index (χ1v) is 8.49. The van der Waals surface area contributed by atoms with Gasteiger partial charge >= 0.3 is 0 Å². The van der Waals surface area contributed by atoms with Crippen LogP contribution >= 0.6 is 11.8 Å². The van der Waals surface area contributed by atoms with Crippen molar-refractivity contribution in [1.82, 2.24) is 10.2 Å². The number of benzene rings is 1. The summed E-state index contributed by atoms with van der Waals surface area (Å²) in [4.78, 5) is 2.63. The molecule has 1 aromatic rings. The molecule has 1 fully saturated rings. The third kappa shape index (κ3) is 4.51. The third-order valence-corrected chi connectivity index (χ3v) is 5.01. The Morgan fingerprint density at radius 1 is 1.26 bits per heavy atom. The molecule has 1 unspecified atom stereocenters. The molecule has 0 spiro atoms. The highest BCUT2D eigenvalue weighted by Crippen LogP contribution is 2.21. The van der Waals surface area contributed by atoms with E-state index >= 15 is 0 Å². The molecule has 0 aliphatic carbocycles. The predicted molar refractivity (Wildman–Crippen MR) is 86.0 cm³/mol. The summed E-state index contributed by atoms with van der Waals surface area (Å²) >= 11 is 2.10. The van der Waals surface area contributed by atoms with Crippen molar-refractivity contribution in [3.63, 3.8) is 0 Å². The molecular weight excluding hydrogens is 252 g/mol. The molecule has 19 heavy (non-hydrogen) atoms. The molecule has 0 aromatic heterocycles. The minimum Gasteiger partial charge on any atom is -0.313 e. The van der Waals surface area contributed by atoms with Gasteiger partial charge in [0, 0.05) is 18.3 Å². The molecule has 0 bridgehead atoms. The number of nitrogens with zero attached hydrogens (tertiary/aromatic N) is 1. The second kappa shape index (κ2) is 7.93. The van der Waals surface area contributed by atoms with Crippen LogP contribution in [0.25, 0.3) is 0 Å². The van der Waals surface area contributed by atoms with Crippen molar-refractivity contribution in [3.05, 3.63) is 35.4 Å². The fourth-order valence-electron chi connectivity index (χ4n) is 2.77. The highest BCUT2D eigenvalue weighted by molar-refractivity contribution is 7.99. The Hall–Kier alpha value is -0.510. The minimum atomic E-state index is 0.483. The number of hydrogen-bond acceptors (Lipinski definition) is 3. The molecule has 0 saturated carbocycles. The summed E-state index contributed by atoms with van der Waals surface area (Å²) in [5.74, 6) is 2.64. The molecule has 1 saturated heterocycles. The summed E-state index contributed by atoms with van der Waals surface area (Å²) < 4.78 is 0. The van der Waals surface area contributed by atoms with Gasteiger partial charge in [0.05, 0.1) is 0 Å². The standard InChI is InChI=1S/C16H26N2S/c1-14-6-3-4-7-15(14)16(17-2)8-10-18-9-5-12-19-13-11-18/h3-4,6-7,16-17H,5,8-13H2,1-2H3. The van der Waals surface area contributed by atoms with E-state index in [0.29, 0.717) is 6.04 Å². The minimum absolute atomic E-state index is 0.483. The first kappa shape index (κ1) is 14.9. The first-order valence-electron chi connectivity index (χ1n) is 7.34. The molecule has 3 heteroatoms. The largest absolute Gasteiger partial charge is 0.313 e. The maximum Gasteiger partial charge on any atom is 0.0332 e. The Morgan fingerprint density at radius 3 is 2.89 bits per heavy atom. The lowest BCUT2D eigenvalue weighted by Gasteiger charge is -2.24. The van der Waals surface area contributed by atoms with Crippen LogP contribution in [-0.4, -0.2) is 43.1 Å². The van der Waals surface area contributed by atoms with Crippen LogP contribution in [0.2, 0.25) is 0 Å². The van der Waals surface area contributed by atoms with Crippen LogP contribution in [0.4, 0.5) is 0 Å². The first-order chi connectivity index (χ1) is 9.31. The van der Waals surface area contributed by atoms with E-state index in [1.54, 1.807) is 0 Å². The normalized spacial score (nSPS) is 19.1. The van der Waals surface area contributed by atoms with Gasteiger partial charge in [0.2, 0.25) is 0 Å². The van der Waals surface area contributed by atoms with Gasteiger partial charge in [-0.05, 0) is 56.8 Å². The lowest BCUT2D eigenvalue weighted by atomic mass is 9.99. The van der Waals surface area contributed by atoms with Crippen molar-refractivity contribution in [2.75, 3.05) is 38.2 Å². The molecule has 1 N–H and O–H groups in total. The van der Waals surface area contributed by atoms with E-state index in [4.69, 9.17) is 0 Å². The molecule has 1 aromatic carbocycles. The number of rotatable bonds is 5. The Morgan fingerprint density at radius 2 is 2.11 bits per heavy atom. The van der Waals surface area contributed by atoms with Crippen LogP contribution in [-0.2, 0) is 0 Å². The molecule has 0 radical (unpaired) electrons. The Bertz CT molecular complexity index is 373. The van der Waals surface area contributed by atoms with Crippen molar-refractivity contribution in [1.29, 1.82) is 0 Å². The molecule has 106 valence electrons. The second-order valence-electron chi connectivity index (χ2n) is 5.29. The Labute approximate surface area is 122 Å².